The van der Waals surface area contributed by atoms with Gasteiger partial charge in [0.1, 0.15) is 0 Å². The van der Waals surface area contributed by atoms with E-state index in [0.717, 1.165) is 12.8 Å². The van der Waals surface area contributed by atoms with E-state index in [9.17, 15) is 4.79 Å². The summed E-state index contributed by atoms with van der Waals surface area (Å²) in [5, 5.41) is 5.74. The fourth-order valence-corrected chi connectivity index (χ4v) is 2.46. The monoisotopic (exact) mass is 289 g/mol. The average molecular weight is 289 g/mol. The second-order valence-electron chi connectivity index (χ2n) is 4.96. The third kappa shape index (κ3) is 3.74. The molecular formula is C16H23N3O2. The molecule has 0 aliphatic carbocycles. The van der Waals surface area contributed by atoms with Gasteiger partial charge in [-0.05, 0) is 36.5 Å². The van der Waals surface area contributed by atoms with Crippen LogP contribution in [0.25, 0.3) is 0 Å². The number of guanidine groups is 1. The number of carbonyl (C=O) groups is 1. The van der Waals surface area contributed by atoms with Crippen LogP contribution in [0, 0.1) is 0 Å². The van der Waals surface area contributed by atoms with E-state index in [-0.39, 0.29) is 6.04 Å². The minimum absolute atomic E-state index is 0.0448. The van der Waals surface area contributed by atoms with Crippen LogP contribution in [0.4, 0.5) is 4.79 Å². The minimum Gasteiger partial charge on any atom is -0.450 e. The fraction of sp³-hybridized carbons (Fsp3) is 0.500. The van der Waals surface area contributed by atoms with Crippen molar-refractivity contribution in [2.24, 2.45) is 4.99 Å². The molecule has 1 unspecified atom stereocenters. The van der Waals surface area contributed by atoms with Gasteiger partial charge < -0.3 is 10.1 Å². The van der Waals surface area contributed by atoms with Crippen LogP contribution < -0.4 is 10.6 Å². The molecule has 1 aliphatic rings. The topological polar surface area (TPSA) is 62.7 Å². The smallest absolute Gasteiger partial charge is 0.413 e. The first-order chi connectivity index (χ1) is 10.2. The Balaban J connectivity index is 2.16. The highest BCUT2D eigenvalue weighted by molar-refractivity contribution is 5.94. The third-order valence-electron chi connectivity index (χ3n) is 3.60. The summed E-state index contributed by atoms with van der Waals surface area (Å²) in [6, 6.07) is 6.62. The molecule has 0 bridgehead atoms. The number of aryl methyl sites for hydroxylation is 2. The molecule has 1 aliphatic heterocycles. The Morgan fingerprint density at radius 3 is 2.86 bits per heavy atom. The summed E-state index contributed by atoms with van der Waals surface area (Å²) in [5.41, 5.74) is 3.86. The lowest BCUT2D eigenvalue weighted by molar-refractivity contribution is 0.157. The third-order valence-corrected chi connectivity index (χ3v) is 3.60. The Labute approximate surface area is 125 Å². The second kappa shape index (κ2) is 7.11. The largest absolute Gasteiger partial charge is 0.450 e. The van der Waals surface area contributed by atoms with Crippen LogP contribution in [-0.4, -0.2) is 25.2 Å². The van der Waals surface area contributed by atoms with Gasteiger partial charge in [-0.3, -0.25) is 5.32 Å². The van der Waals surface area contributed by atoms with Gasteiger partial charge >= 0.3 is 6.09 Å². The van der Waals surface area contributed by atoms with Crippen molar-refractivity contribution in [2.45, 2.75) is 39.7 Å². The van der Waals surface area contributed by atoms with E-state index in [2.05, 4.69) is 47.7 Å². The summed E-state index contributed by atoms with van der Waals surface area (Å²) in [5.74, 6) is 0.488. The van der Waals surface area contributed by atoms with Crippen molar-refractivity contribution in [1.82, 2.24) is 10.6 Å². The molecule has 1 atom stereocenters. The van der Waals surface area contributed by atoms with Crippen molar-refractivity contribution in [3.8, 4) is 0 Å². The van der Waals surface area contributed by atoms with Gasteiger partial charge in [-0.1, -0.05) is 32.0 Å². The van der Waals surface area contributed by atoms with Crippen LogP contribution in [0.1, 0.15) is 43.5 Å². The van der Waals surface area contributed by atoms with Crippen LogP contribution >= 0.6 is 0 Å². The molecule has 2 N–H and O–H groups in total. The normalized spacial score (nSPS) is 17.1. The number of ether oxygens (including phenoxy) is 1. The van der Waals surface area contributed by atoms with Gasteiger partial charge in [-0.2, -0.15) is 0 Å². The van der Waals surface area contributed by atoms with Crippen LogP contribution in [-0.2, 0) is 17.6 Å². The zero-order chi connectivity index (χ0) is 15.2. The van der Waals surface area contributed by atoms with E-state index in [1.807, 2.05) is 0 Å². The maximum absolute atomic E-state index is 11.4. The first-order valence-electron chi connectivity index (χ1n) is 7.55. The molecule has 2 rings (SSSR count). The van der Waals surface area contributed by atoms with Gasteiger partial charge in [0.25, 0.3) is 0 Å². The lowest BCUT2D eigenvalue weighted by Gasteiger charge is -2.13. The molecule has 0 fully saturated rings. The molecule has 0 spiro atoms. The van der Waals surface area contributed by atoms with Crippen molar-refractivity contribution in [1.29, 1.82) is 0 Å². The number of carbonyl (C=O) groups excluding carboxylic acids is 1. The molecule has 21 heavy (non-hydrogen) atoms. The standard InChI is InChI=1S/C16H23N3O2/c1-4-11-7-8-12(5-2)13(9-11)14-10-17-15(18-14)19-16(20)21-6-3/h7-9,14H,4-6,10H2,1-3H3,(H2,17,18,19,20). The SMILES string of the molecule is CCOC(=O)NC1=NC(c2cc(CC)ccc2CC)CN1. The number of hydrogen-bond donors (Lipinski definition) is 2. The number of nitrogens with zero attached hydrogens (tertiary/aromatic N) is 1. The highest BCUT2D eigenvalue weighted by Crippen LogP contribution is 2.25. The number of benzene rings is 1. The Kier molecular flexibility index (Phi) is 5.20. The van der Waals surface area contributed by atoms with Crippen LogP contribution in [0.3, 0.4) is 0 Å². The van der Waals surface area contributed by atoms with E-state index in [1.165, 1.54) is 16.7 Å². The second-order valence-corrected chi connectivity index (χ2v) is 4.96. The lowest BCUT2D eigenvalue weighted by Crippen LogP contribution is -2.38. The van der Waals surface area contributed by atoms with Gasteiger partial charge in [-0.25, -0.2) is 9.79 Å². The molecule has 1 heterocycles. The summed E-state index contributed by atoms with van der Waals surface area (Å²) in [7, 11) is 0. The maximum Gasteiger partial charge on any atom is 0.413 e. The quantitative estimate of drug-likeness (QED) is 0.895. The predicted molar refractivity (Wildman–Crippen MR) is 83.5 cm³/mol. The van der Waals surface area contributed by atoms with Crippen molar-refractivity contribution < 1.29 is 9.53 Å². The maximum atomic E-state index is 11.4. The molecule has 114 valence electrons. The molecule has 1 aromatic rings. The molecule has 1 aromatic carbocycles. The molecule has 5 heteroatoms. The highest BCUT2D eigenvalue weighted by Gasteiger charge is 2.22. The van der Waals surface area contributed by atoms with Crippen LogP contribution in [0.5, 0.6) is 0 Å². The molecule has 0 saturated heterocycles. The van der Waals surface area contributed by atoms with E-state index in [4.69, 9.17) is 4.74 Å². The summed E-state index contributed by atoms with van der Waals surface area (Å²) in [4.78, 5) is 16.0. The fourth-order valence-electron chi connectivity index (χ4n) is 2.46. The van der Waals surface area contributed by atoms with Crippen molar-refractivity contribution in [2.75, 3.05) is 13.2 Å². The number of amides is 1. The molecule has 0 aromatic heterocycles. The number of hydrogen-bond acceptors (Lipinski definition) is 4. The Hall–Kier alpha value is -2.04. The van der Waals surface area contributed by atoms with Gasteiger partial charge in [0.05, 0.1) is 12.6 Å². The zero-order valence-electron chi connectivity index (χ0n) is 12.9. The van der Waals surface area contributed by atoms with E-state index < -0.39 is 6.09 Å². The molecular weight excluding hydrogens is 266 g/mol. The van der Waals surface area contributed by atoms with Crippen LogP contribution in [0.15, 0.2) is 23.2 Å². The first kappa shape index (κ1) is 15.4. The zero-order valence-corrected chi connectivity index (χ0v) is 12.9. The highest BCUT2D eigenvalue weighted by atomic mass is 16.5. The number of aliphatic imine (C=N–C) groups is 1. The summed E-state index contributed by atoms with van der Waals surface area (Å²) < 4.78 is 4.86. The lowest BCUT2D eigenvalue weighted by atomic mass is 9.96. The average Bonchev–Trinajstić information content (AvgIpc) is 2.95. The predicted octanol–water partition coefficient (Wildman–Crippen LogP) is 2.56. The van der Waals surface area contributed by atoms with Gasteiger partial charge in [0, 0.05) is 6.54 Å². The molecule has 0 radical (unpaired) electrons. The molecule has 1 amide bonds. The van der Waals surface area contributed by atoms with Gasteiger partial charge in [0.15, 0.2) is 0 Å². The van der Waals surface area contributed by atoms with Crippen molar-refractivity contribution >= 4 is 12.1 Å². The number of rotatable bonds is 4. The summed E-state index contributed by atoms with van der Waals surface area (Å²) in [6.45, 7) is 7.11. The van der Waals surface area contributed by atoms with Crippen molar-refractivity contribution in [3.05, 3.63) is 34.9 Å². The Morgan fingerprint density at radius 2 is 2.19 bits per heavy atom. The van der Waals surface area contributed by atoms with Crippen LogP contribution in [0.2, 0.25) is 0 Å². The first-order valence-corrected chi connectivity index (χ1v) is 7.55. The van der Waals surface area contributed by atoms with Gasteiger partial charge in [-0.15, -0.1) is 0 Å². The molecule has 0 saturated carbocycles. The number of nitrogens with one attached hydrogen (secondary N) is 2. The summed E-state index contributed by atoms with van der Waals surface area (Å²) in [6.07, 6.45) is 1.52. The minimum atomic E-state index is -0.470. The molecule has 5 nitrogen and oxygen atoms in total. The number of alkyl carbamates (subject to hydrolysis) is 1. The summed E-state index contributed by atoms with van der Waals surface area (Å²) >= 11 is 0. The Morgan fingerprint density at radius 1 is 1.38 bits per heavy atom. The van der Waals surface area contributed by atoms with E-state index in [1.54, 1.807) is 6.92 Å². The van der Waals surface area contributed by atoms with Crippen molar-refractivity contribution in [3.63, 3.8) is 0 Å². The van der Waals surface area contributed by atoms with Gasteiger partial charge in [0.2, 0.25) is 5.96 Å². The Bertz CT molecular complexity index is 540. The van der Waals surface area contributed by atoms with E-state index >= 15 is 0 Å². The van der Waals surface area contributed by atoms with E-state index in [0.29, 0.717) is 19.1 Å².